The lowest BCUT2D eigenvalue weighted by molar-refractivity contribution is -0.324. The summed E-state index contributed by atoms with van der Waals surface area (Å²) in [7, 11) is 0. The van der Waals surface area contributed by atoms with Gasteiger partial charge in [-0.05, 0) is 0 Å². The maximum absolute atomic E-state index is 9.97. The van der Waals surface area contributed by atoms with Crippen LogP contribution in [0.25, 0.3) is 0 Å². The van der Waals surface area contributed by atoms with Gasteiger partial charge in [-0.3, -0.25) is 0 Å². The first-order valence-electron chi connectivity index (χ1n) is 7.07. The van der Waals surface area contributed by atoms with Crippen LogP contribution in [0.1, 0.15) is 0 Å². The average molecular weight is 325 g/mol. The Morgan fingerprint density at radius 2 is 1.59 bits per heavy atom. The molecule has 22 heavy (non-hydrogen) atoms. The van der Waals surface area contributed by atoms with E-state index in [0.29, 0.717) is 0 Å². The summed E-state index contributed by atoms with van der Waals surface area (Å²) in [6, 6.07) is -0.717. The minimum Gasteiger partial charge on any atom is -0.395 e. The highest BCUT2D eigenvalue weighted by Crippen LogP contribution is 2.25. The van der Waals surface area contributed by atoms with E-state index in [1.807, 2.05) is 0 Å². The zero-order chi connectivity index (χ0) is 16.4. The van der Waals surface area contributed by atoms with Crippen LogP contribution in [0.5, 0.6) is 0 Å². The lowest BCUT2D eigenvalue weighted by atomic mass is 9.95. The summed E-state index contributed by atoms with van der Waals surface area (Å²) in [6.07, 6.45) is -10.9. The molecule has 0 aromatic heterocycles. The summed E-state index contributed by atoms with van der Waals surface area (Å²) in [5, 5.41) is 70.0. The standard InChI is InChI=1S/C12H23NO9/c14-2-4-11(7(17)5(16)1-13-4)22-12-10(20)9(19)8(18)6(3-15)21-12/h4-20H,1-3H2/t4-,5+,6-,7-,8-,9-,10-,11+,12+/m0/s1. The first kappa shape index (κ1) is 17.9. The highest BCUT2D eigenvalue weighted by molar-refractivity contribution is 4.95. The molecule has 0 unspecified atom stereocenters. The fourth-order valence-corrected chi connectivity index (χ4v) is 2.64. The summed E-state index contributed by atoms with van der Waals surface area (Å²) < 4.78 is 10.6. The first-order chi connectivity index (χ1) is 10.4. The summed E-state index contributed by atoms with van der Waals surface area (Å²) in [5.41, 5.74) is 0. The molecule has 2 saturated heterocycles. The molecule has 0 bridgehead atoms. The zero-order valence-corrected chi connectivity index (χ0v) is 11.8. The summed E-state index contributed by atoms with van der Waals surface area (Å²) in [5.74, 6) is 0. The van der Waals surface area contributed by atoms with E-state index >= 15 is 0 Å². The Balaban J connectivity index is 2.09. The van der Waals surface area contributed by atoms with Crippen LogP contribution in [-0.4, -0.2) is 111 Å². The summed E-state index contributed by atoms with van der Waals surface area (Å²) in [4.78, 5) is 0. The molecule has 10 nitrogen and oxygen atoms in total. The predicted octanol–water partition coefficient (Wildman–Crippen LogP) is -5.14. The lowest BCUT2D eigenvalue weighted by Gasteiger charge is -2.44. The smallest absolute Gasteiger partial charge is 0.187 e. The van der Waals surface area contributed by atoms with Crippen molar-refractivity contribution < 1.29 is 45.2 Å². The van der Waals surface area contributed by atoms with Gasteiger partial charge in [-0.2, -0.15) is 0 Å². The summed E-state index contributed by atoms with van der Waals surface area (Å²) >= 11 is 0. The van der Waals surface area contributed by atoms with Gasteiger partial charge in [-0.15, -0.1) is 0 Å². The molecule has 2 aliphatic heterocycles. The number of hydrogen-bond acceptors (Lipinski definition) is 10. The Hall–Kier alpha value is -0.400. The maximum atomic E-state index is 9.97. The second-order valence-electron chi connectivity index (χ2n) is 5.55. The van der Waals surface area contributed by atoms with Crippen LogP contribution in [-0.2, 0) is 9.47 Å². The predicted molar refractivity (Wildman–Crippen MR) is 69.5 cm³/mol. The molecule has 0 saturated carbocycles. The number of hydrogen-bond donors (Lipinski definition) is 8. The number of aliphatic hydroxyl groups is 7. The molecule has 8 N–H and O–H groups in total. The van der Waals surface area contributed by atoms with E-state index in [0.717, 1.165) is 0 Å². The zero-order valence-electron chi connectivity index (χ0n) is 11.8. The molecule has 0 aromatic carbocycles. The van der Waals surface area contributed by atoms with Crippen molar-refractivity contribution in [2.24, 2.45) is 0 Å². The Morgan fingerprint density at radius 3 is 2.18 bits per heavy atom. The van der Waals surface area contributed by atoms with Crippen LogP contribution >= 0.6 is 0 Å². The Morgan fingerprint density at radius 1 is 0.909 bits per heavy atom. The Bertz CT molecular complexity index is 355. The maximum Gasteiger partial charge on any atom is 0.187 e. The van der Waals surface area contributed by atoms with Gasteiger partial charge in [0.2, 0.25) is 0 Å². The second-order valence-corrected chi connectivity index (χ2v) is 5.55. The topological polar surface area (TPSA) is 172 Å². The molecule has 10 heteroatoms. The molecular formula is C12H23NO9. The lowest BCUT2D eigenvalue weighted by Crippen LogP contribution is -2.65. The van der Waals surface area contributed by atoms with E-state index in [1.165, 1.54) is 0 Å². The van der Waals surface area contributed by atoms with Gasteiger partial charge in [-0.25, -0.2) is 0 Å². The molecule has 9 atom stereocenters. The molecule has 2 aliphatic rings. The first-order valence-corrected chi connectivity index (χ1v) is 7.07. The van der Waals surface area contributed by atoms with Crippen molar-refractivity contribution >= 4 is 0 Å². The van der Waals surface area contributed by atoms with Gasteiger partial charge in [0.15, 0.2) is 6.29 Å². The van der Waals surface area contributed by atoms with E-state index < -0.39 is 68.3 Å². The van der Waals surface area contributed by atoms with Gasteiger partial charge in [0, 0.05) is 6.54 Å². The van der Waals surface area contributed by atoms with Crippen molar-refractivity contribution in [1.82, 2.24) is 5.32 Å². The Labute approximate surface area is 126 Å². The molecule has 0 aromatic rings. The van der Waals surface area contributed by atoms with Crippen molar-refractivity contribution in [2.45, 2.75) is 55.1 Å². The minimum absolute atomic E-state index is 0.0565. The van der Waals surface area contributed by atoms with Crippen LogP contribution in [0.2, 0.25) is 0 Å². The van der Waals surface area contributed by atoms with Crippen LogP contribution in [0.15, 0.2) is 0 Å². The van der Waals surface area contributed by atoms with Gasteiger partial charge in [0.25, 0.3) is 0 Å². The molecule has 2 fully saturated rings. The fraction of sp³-hybridized carbons (Fsp3) is 1.00. The third kappa shape index (κ3) is 3.41. The van der Waals surface area contributed by atoms with Gasteiger partial charge in [0.1, 0.15) is 36.6 Å². The van der Waals surface area contributed by atoms with Gasteiger partial charge < -0.3 is 50.5 Å². The molecule has 130 valence electrons. The largest absolute Gasteiger partial charge is 0.395 e. The number of piperidine rings is 1. The van der Waals surface area contributed by atoms with E-state index in [2.05, 4.69) is 5.32 Å². The molecule has 0 radical (unpaired) electrons. The van der Waals surface area contributed by atoms with Crippen molar-refractivity contribution in [3.05, 3.63) is 0 Å². The number of β-amino-alcohol motifs (C(OH)–C–C–N with tert-alkyl or cyclic N) is 1. The third-order valence-electron chi connectivity index (χ3n) is 4.05. The molecule has 0 spiro atoms. The molecular weight excluding hydrogens is 302 g/mol. The monoisotopic (exact) mass is 325 g/mol. The number of rotatable bonds is 4. The average Bonchev–Trinajstić information content (AvgIpc) is 2.52. The van der Waals surface area contributed by atoms with Crippen LogP contribution in [0.3, 0.4) is 0 Å². The third-order valence-corrected chi connectivity index (χ3v) is 4.05. The van der Waals surface area contributed by atoms with Crippen molar-refractivity contribution in [3.63, 3.8) is 0 Å². The molecule has 2 rings (SSSR count). The fourth-order valence-electron chi connectivity index (χ4n) is 2.64. The van der Waals surface area contributed by atoms with E-state index in [9.17, 15) is 30.6 Å². The normalized spacial score (nSPS) is 50.0. The molecule has 0 aliphatic carbocycles. The van der Waals surface area contributed by atoms with Crippen molar-refractivity contribution in [2.75, 3.05) is 19.8 Å². The van der Waals surface area contributed by atoms with Crippen LogP contribution < -0.4 is 5.32 Å². The number of ether oxygens (including phenoxy) is 2. The summed E-state index contributed by atoms with van der Waals surface area (Å²) in [6.45, 7) is -0.949. The van der Waals surface area contributed by atoms with Gasteiger partial charge >= 0.3 is 0 Å². The van der Waals surface area contributed by atoms with E-state index in [-0.39, 0.29) is 6.54 Å². The van der Waals surface area contributed by atoms with Crippen molar-refractivity contribution in [3.8, 4) is 0 Å². The van der Waals surface area contributed by atoms with Crippen LogP contribution in [0, 0.1) is 0 Å². The quantitative estimate of drug-likeness (QED) is 0.250. The molecule has 0 amide bonds. The highest BCUT2D eigenvalue weighted by atomic mass is 16.7. The SMILES string of the molecule is OC[C@@H]1NC[C@@H](O)[C@H](O)[C@@H]1O[C@H]1O[C@@H](CO)[C@H](O)[C@H](O)[C@@H]1O. The van der Waals surface area contributed by atoms with Crippen LogP contribution in [0.4, 0.5) is 0 Å². The van der Waals surface area contributed by atoms with Gasteiger partial charge in [-0.1, -0.05) is 0 Å². The number of aliphatic hydroxyl groups excluding tert-OH is 7. The highest BCUT2D eigenvalue weighted by Gasteiger charge is 2.47. The van der Waals surface area contributed by atoms with E-state index in [4.69, 9.17) is 14.6 Å². The van der Waals surface area contributed by atoms with Gasteiger partial charge in [0.05, 0.1) is 25.4 Å². The molecule has 2 heterocycles. The number of nitrogens with one attached hydrogen (secondary N) is 1. The minimum atomic E-state index is -1.62. The Kier molecular flexibility index (Phi) is 6.07. The van der Waals surface area contributed by atoms with E-state index in [1.54, 1.807) is 0 Å². The second kappa shape index (κ2) is 7.45. The van der Waals surface area contributed by atoms with Crippen molar-refractivity contribution in [1.29, 1.82) is 0 Å².